The van der Waals surface area contributed by atoms with Crippen LogP contribution in [0.5, 0.6) is 0 Å². The van der Waals surface area contributed by atoms with Crippen molar-refractivity contribution in [3.8, 4) is 0 Å². The normalized spacial score (nSPS) is 28.6. The largest absolute Gasteiger partial charge is 0.395 e. The fraction of sp³-hybridized carbons (Fsp3) is 0.882. The minimum atomic E-state index is -1.13. The molecule has 1 amide bonds. The molecule has 4 N–H and O–H groups in total. The topological polar surface area (TPSA) is 110 Å². The van der Waals surface area contributed by atoms with Gasteiger partial charge in [0.05, 0.1) is 24.8 Å². The molecule has 1 aliphatic heterocycles. The fourth-order valence-corrected chi connectivity index (χ4v) is 3.03. The first kappa shape index (κ1) is 21.0. The summed E-state index contributed by atoms with van der Waals surface area (Å²) in [5.74, 6) is -0.0594. The molecule has 1 aliphatic rings. The van der Waals surface area contributed by atoms with Gasteiger partial charge in [0.2, 0.25) is 5.91 Å². The van der Waals surface area contributed by atoms with Crippen LogP contribution in [0.4, 0.5) is 0 Å². The van der Waals surface area contributed by atoms with Gasteiger partial charge in [-0.3, -0.25) is 14.5 Å². The molecule has 1 rings (SSSR count). The molecule has 0 aromatic carbocycles. The van der Waals surface area contributed by atoms with Crippen LogP contribution in [0.2, 0.25) is 0 Å². The van der Waals surface area contributed by atoms with Gasteiger partial charge in [-0.1, -0.05) is 20.8 Å². The standard InChI is InChI=1S/C17H32N2O5/c1-11(21)18-12-9-19(13(10-20)16(24)15(12)23)8-6-5-7-14(22)17(2,3)4/h12-13,15-16,20,23-24H,5-10H2,1-4H3,(H,18,21)/t12?,13?,15?,16-/m0/s1. The quantitative estimate of drug-likeness (QED) is 0.471. The number of ketones is 1. The number of carbonyl (C=O) groups is 2. The van der Waals surface area contributed by atoms with Crippen LogP contribution in [0.3, 0.4) is 0 Å². The summed E-state index contributed by atoms with van der Waals surface area (Å²) in [4.78, 5) is 25.0. The van der Waals surface area contributed by atoms with Gasteiger partial charge in [0.15, 0.2) is 0 Å². The van der Waals surface area contributed by atoms with Crippen LogP contribution < -0.4 is 5.32 Å². The molecule has 0 spiro atoms. The Morgan fingerprint density at radius 1 is 1.17 bits per heavy atom. The zero-order valence-electron chi connectivity index (χ0n) is 15.2. The van der Waals surface area contributed by atoms with E-state index in [4.69, 9.17) is 0 Å². The van der Waals surface area contributed by atoms with Crippen molar-refractivity contribution in [2.75, 3.05) is 19.7 Å². The van der Waals surface area contributed by atoms with Crippen molar-refractivity contribution in [3.63, 3.8) is 0 Å². The maximum Gasteiger partial charge on any atom is 0.217 e. The molecule has 24 heavy (non-hydrogen) atoms. The zero-order valence-corrected chi connectivity index (χ0v) is 15.2. The molecule has 0 aromatic heterocycles. The van der Waals surface area contributed by atoms with Gasteiger partial charge in [0.1, 0.15) is 11.9 Å². The van der Waals surface area contributed by atoms with E-state index < -0.39 is 24.3 Å². The smallest absolute Gasteiger partial charge is 0.217 e. The lowest BCUT2D eigenvalue weighted by atomic mass is 9.88. The first-order valence-corrected chi connectivity index (χ1v) is 8.59. The average Bonchev–Trinajstić information content (AvgIpc) is 2.47. The van der Waals surface area contributed by atoms with Gasteiger partial charge in [-0.2, -0.15) is 0 Å². The Morgan fingerprint density at radius 3 is 2.29 bits per heavy atom. The minimum absolute atomic E-state index is 0.214. The molecule has 4 atom stereocenters. The molecule has 7 nitrogen and oxygen atoms in total. The molecular formula is C17H32N2O5. The van der Waals surface area contributed by atoms with E-state index in [1.165, 1.54) is 6.92 Å². The number of amides is 1. The molecule has 0 aromatic rings. The second-order valence-electron chi connectivity index (χ2n) is 7.66. The number of piperidine rings is 1. The van der Waals surface area contributed by atoms with Crippen molar-refractivity contribution in [3.05, 3.63) is 0 Å². The minimum Gasteiger partial charge on any atom is -0.395 e. The summed E-state index contributed by atoms with van der Waals surface area (Å²) in [6, 6.07) is -1.14. The third-order valence-electron chi connectivity index (χ3n) is 4.57. The van der Waals surface area contributed by atoms with Crippen LogP contribution in [0.15, 0.2) is 0 Å². The Labute approximate surface area is 144 Å². The third-order valence-corrected chi connectivity index (χ3v) is 4.57. The predicted octanol–water partition coefficient (Wildman–Crippen LogP) is -0.325. The van der Waals surface area contributed by atoms with E-state index in [2.05, 4.69) is 5.32 Å². The number of hydrogen-bond donors (Lipinski definition) is 4. The lowest BCUT2D eigenvalue weighted by Crippen LogP contribution is -2.66. The number of aliphatic hydroxyl groups excluding tert-OH is 3. The maximum absolute atomic E-state index is 11.9. The highest BCUT2D eigenvalue weighted by atomic mass is 16.3. The Balaban J connectivity index is 2.57. The highest BCUT2D eigenvalue weighted by Crippen LogP contribution is 2.21. The second-order valence-corrected chi connectivity index (χ2v) is 7.66. The van der Waals surface area contributed by atoms with E-state index in [0.29, 0.717) is 19.5 Å². The van der Waals surface area contributed by atoms with Crippen molar-refractivity contribution in [2.24, 2.45) is 5.41 Å². The SMILES string of the molecule is CC(=O)NC1CN(CCCCC(=O)C(C)(C)C)C(CO)[C@H](O)C1O. The van der Waals surface area contributed by atoms with Crippen molar-refractivity contribution in [1.82, 2.24) is 10.2 Å². The first-order chi connectivity index (χ1) is 11.1. The lowest BCUT2D eigenvalue weighted by molar-refractivity contribution is -0.129. The van der Waals surface area contributed by atoms with Gasteiger partial charge in [0.25, 0.3) is 0 Å². The highest BCUT2D eigenvalue weighted by molar-refractivity contribution is 5.83. The van der Waals surface area contributed by atoms with Crippen LogP contribution in [0.25, 0.3) is 0 Å². The van der Waals surface area contributed by atoms with E-state index in [1.807, 2.05) is 25.7 Å². The Morgan fingerprint density at radius 2 is 1.79 bits per heavy atom. The molecule has 7 heteroatoms. The number of rotatable bonds is 7. The van der Waals surface area contributed by atoms with Crippen molar-refractivity contribution in [1.29, 1.82) is 0 Å². The monoisotopic (exact) mass is 344 g/mol. The summed E-state index contributed by atoms with van der Waals surface area (Å²) in [6.07, 6.45) is -0.259. The lowest BCUT2D eigenvalue weighted by Gasteiger charge is -2.45. The van der Waals surface area contributed by atoms with Crippen LogP contribution in [-0.4, -0.2) is 75.9 Å². The Bertz CT molecular complexity index is 435. The van der Waals surface area contributed by atoms with Crippen LogP contribution in [0.1, 0.15) is 47.0 Å². The summed E-state index contributed by atoms with van der Waals surface area (Å²) in [5.41, 5.74) is -0.338. The Kier molecular flexibility index (Phi) is 7.79. The summed E-state index contributed by atoms with van der Waals surface area (Å²) in [5, 5.41) is 32.4. The number of hydrogen-bond acceptors (Lipinski definition) is 6. The van der Waals surface area contributed by atoms with E-state index in [1.54, 1.807) is 0 Å². The number of unbranched alkanes of at least 4 members (excludes halogenated alkanes) is 1. The number of carbonyl (C=O) groups excluding carboxylic acids is 2. The Hall–Kier alpha value is -1.02. The third kappa shape index (κ3) is 5.81. The number of aliphatic hydroxyl groups is 3. The molecule has 0 aliphatic carbocycles. The predicted molar refractivity (Wildman–Crippen MR) is 90.4 cm³/mol. The number of Topliss-reactive ketones (excluding diaryl/α,β-unsaturated/α-hetero) is 1. The van der Waals surface area contributed by atoms with Crippen LogP contribution in [0, 0.1) is 5.41 Å². The average molecular weight is 344 g/mol. The van der Waals surface area contributed by atoms with Crippen molar-refractivity contribution < 1.29 is 24.9 Å². The van der Waals surface area contributed by atoms with Gasteiger partial charge < -0.3 is 20.6 Å². The van der Waals surface area contributed by atoms with E-state index in [9.17, 15) is 24.9 Å². The number of likely N-dealkylation sites (tertiary alicyclic amines) is 1. The molecule has 0 bridgehead atoms. The molecule has 1 fully saturated rings. The van der Waals surface area contributed by atoms with Crippen molar-refractivity contribution >= 4 is 11.7 Å². The van der Waals surface area contributed by atoms with E-state index >= 15 is 0 Å². The number of nitrogens with one attached hydrogen (secondary N) is 1. The van der Waals surface area contributed by atoms with Crippen molar-refractivity contribution in [2.45, 2.75) is 71.2 Å². The highest BCUT2D eigenvalue weighted by Gasteiger charge is 2.41. The molecule has 1 heterocycles. The second kappa shape index (κ2) is 8.89. The van der Waals surface area contributed by atoms with Crippen LogP contribution in [-0.2, 0) is 9.59 Å². The summed E-state index contributed by atoms with van der Waals surface area (Å²) < 4.78 is 0. The first-order valence-electron chi connectivity index (χ1n) is 8.59. The van der Waals surface area contributed by atoms with E-state index in [-0.39, 0.29) is 23.7 Å². The summed E-state index contributed by atoms with van der Waals surface area (Å²) >= 11 is 0. The van der Waals surface area contributed by atoms with Gasteiger partial charge in [-0.15, -0.1) is 0 Å². The molecule has 0 saturated carbocycles. The van der Waals surface area contributed by atoms with Gasteiger partial charge in [0, 0.05) is 25.3 Å². The number of nitrogens with zero attached hydrogens (tertiary/aromatic N) is 1. The molecule has 3 unspecified atom stereocenters. The van der Waals surface area contributed by atoms with E-state index in [0.717, 1.165) is 12.8 Å². The molecular weight excluding hydrogens is 312 g/mol. The summed E-state index contributed by atoms with van der Waals surface area (Å²) in [6.45, 7) is 7.73. The maximum atomic E-state index is 11.9. The van der Waals surface area contributed by atoms with Crippen LogP contribution >= 0.6 is 0 Å². The molecule has 1 saturated heterocycles. The van der Waals surface area contributed by atoms with Gasteiger partial charge >= 0.3 is 0 Å². The van der Waals surface area contributed by atoms with Gasteiger partial charge in [-0.25, -0.2) is 0 Å². The molecule has 140 valence electrons. The van der Waals surface area contributed by atoms with Gasteiger partial charge in [-0.05, 0) is 19.4 Å². The summed E-state index contributed by atoms with van der Waals surface area (Å²) in [7, 11) is 0. The molecule has 0 radical (unpaired) electrons. The zero-order chi connectivity index (χ0) is 18.5. The fourth-order valence-electron chi connectivity index (χ4n) is 3.03.